The van der Waals surface area contributed by atoms with Gasteiger partial charge in [0.1, 0.15) is 5.82 Å². The molecule has 2 saturated heterocycles. The zero-order chi connectivity index (χ0) is 32.9. The van der Waals surface area contributed by atoms with Crippen molar-refractivity contribution in [2.45, 2.75) is 66.2 Å². The lowest BCUT2D eigenvalue weighted by Crippen LogP contribution is -2.62. The highest BCUT2D eigenvalue weighted by Crippen LogP contribution is 2.28. The van der Waals surface area contributed by atoms with Crippen LogP contribution in [0.5, 0.6) is 11.5 Å². The predicted molar refractivity (Wildman–Crippen MR) is 184 cm³/mol. The van der Waals surface area contributed by atoms with E-state index in [0.717, 1.165) is 39.3 Å². The predicted octanol–water partition coefficient (Wildman–Crippen LogP) is 5.56. The quantitative estimate of drug-likeness (QED) is 0.250. The van der Waals surface area contributed by atoms with E-state index in [-0.39, 0.29) is 30.1 Å². The number of aryl methyl sites for hydroxylation is 2. The molecule has 1 unspecified atom stereocenters. The molecule has 9 nitrogen and oxygen atoms in total. The molecule has 0 radical (unpaired) electrons. The van der Waals surface area contributed by atoms with Crippen LogP contribution >= 0.6 is 11.6 Å². The SMILES string of the molecule is CC.CCN1CCC(N2CCN(c3ncc(C(=O)NCc4ccc(O)c(O)c4)cc3Cl)CC2NC)CC1.Cc1ccc(C)cc1. The Balaban J connectivity index is 0.000000475. The lowest BCUT2D eigenvalue weighted by molar-refractivity contribution is 0.0557. The molecular formula is C35H51ClN6O3. The molecule has 0 bridgehead atoms. The van der Waals surface area contributed by atoms with E-state index in [1.54, 1.807) is 18.3 Å². The Morgan fingerprint density at radius 3 is 2.16 bits per heavy atom. The molecule has 246 valence electrons. The van der Waals surface area contributed by atoms with E-state index in [1.807, 2.05) is 20.9 Å². The lowest BCUT2D eigenvalue weighted by Gasteiger charge is -2.47. The van der Waals surface area contributed by atoms with Crippen molar-refractivity contribution in [3.8, 4) is 11.5 Å². The summed E-state index contributed by atoms with van der Waals surface area (Å²) in [6, 6.07) is 15.1. The van der Waals surface area contributed by atoms with Gasteiger partial charge in [-0.2, -0.15) is 0 Å². The fourth-order valence-electron chi connectivity index (χ4n) is 5.64. The van der Waals surface area contributed by atoms with Crippen LogP contribution in [-0.4, -0.2) is 89.4 Å². The molecule has 45 heavy (non-hydrogen) atoms. The van der Waals surface area contributed by atoms with Gasteiger partial charge in [-0.3, -0.25) is 9.69 Å². The number of aromatic nitrogens is 1. The number of halogens is 1. The van der Waals surface area contributed by atoms with E-state index < -0.39 is 0 Å². The summed E-state index contributed by atoms with van der Waals surface area (Å²) in [5.74, 6) is -0.0469. The minimum atomic E-state index is -0.310. The number of carbonyl (C=O) groups excluding carboxylic acids is 1. The van der Waals surface area contributed by atoms with Crippen LogP contribution in [0.25, 0.3) is 0 Å². The molecule has 10 heteroatoms. The van der Waals surface area contributed by atoms with Gasteiger partial charge in [0.25, 0.3) is 5.91 Å². The van der Waals surface area contributed by atoms with Crippen LogP contribution in [0.2, 0.25) is 5.02 Å². The van der Waals surface area contributed by atoms with Gasteiger partial charge in [-0.15, -0.1) is 0 Å². The Morgan fingerprint density at radius 1 is 0.956 bits per heavy atom. The highest BCUT2D eigenvalue weighted by Gasteiger charge is 2.34. The Bertz CT molecular complexity index is 1330. The number of likely N-dealkylation sites (N-methyl/N-ethyl adjacent to an activating group) is 1. The van der Waals surface area contributed by atoms with Gasteiger partial charge >= 0.3 is 0 Å². The third kappa shape index (κ3) is 10.3. The number of amides is 1. The molecule has 0 saturated carbocycles. The van der Waals surface area contributed by atoms with Crippen LogP contribution in [0.1, 0.15) is 60.7 Å². The largest absolute Gasteiger partial charge is 0.504 e. The second kappa shape index (κ2) is 17.9. The van der Waals surface area contributed by atoms with Crippen molar-refractivity contribution in [1.82, 2.24) is 25.4 Å². The Hall–Kier alpha value is -3.37. The van der Waals surface area contributed by atoms with E-state index in [0.29, 0.717) is 28.0 Å². The van der Waals surface area contributed by atoms with Crippen LogP contribution in [0, 0.1) is 13.8 Å². The number of carbonyl (C=O) groups is 1. The van der Waals surface area contributed by atoms with Gasteiger partial charge in [-0.1, -0.05) is 73.8 Å². The molecule has 1 atom stereocenters. The normalized spacial score (nSPS) is 17.5. The van der Waals surface area contributed by atoms with Crippen molar-refractivity contribution in [1.29, 1.82) is 0 Å². The van der Waals surface area contributed by atoms with Crippen molar-refractivity contribution in [2.24, 2.45) is 0 Å². The number of rotatable bonds is 7. The number of benzene rings is 2. The number of phenolic OH excluding ortho intramolecular Hbond substituents is 2. The van der Waals surface area contributed by atoms with Gasteiger partial charge in [-0.05, 0) is 77.1 Å². The van der Waals surface area contributed by atoms with Crippen LogP contribution in [0.4, 0.5) is 5.82 Å². The van der Waals surface area contributed by atoms with Crippen LogP contribution in [-0.2, 0) is 6.54 Å². The van der Waals surface area contributed by atoms with Gasteiger partial charge in [0.2, 0.25) is 0 Å². The number of nitrogens with zero attached hydrogens (tertiary/aromatic N) is 4. The van der Waals surface area contributed by atoms with E-state index in [4.69, 9.17) is 11.6 Å². The molecule has 1 amide bonds. The molecule has 3 heterocycles. The van der Waals surface area contributed by atoms with Crippen LogP contribution in [0.3, 0.4) is 0 Å². The number of piperazine rings is 1. The van der Waals surface area contributed by atoms with Crippen LogP contribution < -0.4 is 15.5 Å². The van der Waals surface area contributed by atoms with Crippen molar-refractivity contribution >= 4 is 23.3 Å². The summed E-state index contributed by atoms with van der Waals surface area (Å²) in [6.45, 7) is 16.6. The van der Waals surface area contributed by atoms with E-state index in [9.17, 15) is 15.0 Å². The second-order valence-electron chi connectivity index (χ2n) is 11.3. The zero-order valence-corrected chi connectivity index (χ0v) is 28.4. The monoisotopic (exact) mass is 638 g/mol. The smallest absolute Gasteiger partial charge is 0.253 e. The molecule has 3 aromatic rings. The fraction of sp³-hybridized carbons (Fsp3) is 0.486. The number of hydrogen-bond donors (Lipinski definition) is 4. The number of aromatic hydroxyl groups is 2. The lowest BCUT2D eigenvalue weighted by atomic mass is 10.0. The van der Waals surface area contributed by atoms with Gasteiger partial charge in [-0.25, -0.2) is 4.98 Å². The van der Waals surface area contributed by atoms with E-state index >= 15 is 0 Å². The molecule has 2 fully saturated rings. The summed E-state index contributed by atoms with van der Waals surface area (Å²) in [7, 11) is 2.00. The molecule has 0 spiro atoms. The highest BCUT2D eigenvalue weighted by molar-refractivity contribution is 6.33. The number of phenols is 2. The average Bonchev–Trinajstić information content (AvgIpc) is 3.07. The van der Waals surface area contributed by atoms with E-state index in [2.05, 4.69) is 75.4 Å². The molecule has 4 N–H and O–H groups in total. The topological polar surface area (TPSA) is 104 Å². The summed E-state index contributed by atoms with van der Waals surface area (Å²) in [5.41, 5.74) is 3.69. The molecular weight excluding hydrogens is 588 g/mol. The summed E-state index contributed by atoms with van der Waals surface area (Å²) in [5, 5.41) is 25.7. The first-order valence-corrected chi connectivity index (χ1v) is 16.4. The Labute approximate surface area is 274 Å². The van der Waals surface area contributed by atoms with Gasteiger partial charge in [0.05, 0.1) is 16.8 Å². The first-order chi connectivity index (χ1) is 21.7. The molecule has 2 aromatic carbocycles. The second-order valence-corrected chi connectivity index (χ2v) is 11.8. The van der Waals surface area contributed by atoms with Gasteiger partial charge in [0, 0.05) is 38.4 Å². The number of piperidine rings is 1. The third-order valence-corrected chi connectivity index (χ3v) is 8.60. The van der Waals surface area contributed by atoms with Gasteiger partial charge < -0.3 is 30.6 Å². The fourth-order valence-corrected chi connectivity index (χ4v) is 5.92. The van der Waals surface area contributed by atoms with Gasteiger partial charge in [0.15, 0.2) is 11.5 Å². The number of likely N-dealkylation sites (tertiary alicyclic amines) is 1. The molecule has 2 aliphatic heterocycles. The zero-order valence-electron chi connectivity index (χ0n) is 27.7. The molecule has 0 aliphatic carbocycles. The highest BCUT2D eigenvalue weighted by atomic mass is 35.5. The Kier molecular flexibility index (Phi) is 14.4. The van der Waals surface area contributed by atoms with E-state index in [1.165, 1.54) is 36.1 Å². The maximum Gasteiger partial charge on any atom is 0.253 e. The van der Waals surface area contributed by atoms with Crippen molar-refractivity contribution in [3.63, 3.8) is 0 Å². The van der Waals surface area contributed by atoms with Crippen molar-refractivity contribution < 1.29 is 15.0 Å². The third-order valence-electron chi connectivity index (χ3n) is 8.32. The minimum Gasteiger partial charge on any atom is -0.504 e. The maximum absolute atomic E-state index is 12.6. The number of pyridine rings is 1. The minimum absolute atomic E-state index is 0.199. The molecule has 5 rings (SSSR count). The molecule has 2 aliphatic rings. The first kappa shape index (κ1) is 36.1. The van der Waals surface area contributed by atoms with Crippen LogP contribution in [0.15, 0.2) is 54.7 Å². The maximum atomic E-state index is 12.6. The first-order valence-electron chi connectivity index (χ1n) is 16.1. The summed E-state index contributed by atoms with van der Waals surface area (Å²) < 4.78 is 0. The summed E-state index contributed by atoms with van der Waals surface area (Å²) in [4.78, 5) is 24.4. The molecule has 1 aromatic heterocycles. The number of hydrogen-bond acceptors (Lipinski definition) is 8. The number of nitrogens with one attached hydrogen (secondary N) is 2. The summed E-state index contributed by atoms with van der Waals surface area (Å²) in [6.07, 6.45) is 4.15. The number of anilines is 1. The van der Waals surface area contributed by atoms with Crippen molar-refractivity contribution in [3.05, 3.63) is 82.0 Å². The average molecular weight is 639 g/mol. The standard InChI is InChI=1S/C25H35ClN6O3.C8H10.C2H6/c1-3-30-8-6-19(7-9-30)32-11-10-31(16-23(32)27-2)24-20(26)13-18(15-28-24)25(35)29-14-17-4-5-21(33)22(34)12-17;1-7-3-5-8(2)6-4-7;1-2/h4-5,12-13,15,19,23,27,33-34H,3,6-11,14,16H2,1-2H3,(H,29,35);3-6H,1-2H3;1-2H3. The Morgan fingerprint density at radius 2 is 1.60 bits per heavy atom. The van der Waals surface area contributed by atoms with Crippen molar-refractivity contribution in [2.75, 3.05) is 51.2 Å². The summed E-state index contributed by atoms with van der Waals surface area (Å²) >= 11 is 6.59.